The van der Waals surface area contributed by atoms with Gasteiger partial charge in [0, 0.05) is 0 Å². The zero-order valence-corrected chi connectivity index (χ0v) is 9.89. The molecule has 0 spiro atoms. The molecule has 0 aliphatic rings. The molecule has 0 saturated carbocycles. The van der Waals surface area contributed by atoms with Crippen LogP contribution in [0.25, 0.3) is 0 Å². The predicted molar refractivity (Wildman–Crippen MR) is 58.5 cm³/mol. The van der Waals surface area contributed by atoms with Crippen LogP contribution < -0.4 is 5.90 Å². The van der Waals surface area contributed by atoms with E-state index in [1.54, 1.807) is 0 Å². The van der Waals surface area contributed by atoms with E-state index in [0.29, 0.717) is 0 Å². The van der Waals surface area contributed by atoms with E-state index in [1.807, 2.05) is 32.9 Å². The quantitative estimate of drug-likeness (QED) is 0.794. The summed E-state index contributed by atoms with van der Waals surface area (Å²) < 4.78 is 26.4. The molecule has 5 heteroatoms. The number of aryl methyl sites for hydroxylation is 3. The van der Waals surface area contributed by atoms with Crippen LogP contribution in [0, 0.1) is 20.8 Å². The minimum absolute atomic E-state index is 0.179. The Hall–Kier alpha value is -0.910. The third-order valence-electron chi connectivity index (χ3n) is 2.31. The first-order chi connectivity index (χ1) is 6.85. The second kappa shape index (κ2) is 4.30. The molecule has 4 nitrogen and oxygen atoms in total. The first-order valence-corrected chi connectivity index (χ1v) is 6.11. The summed E-state index contributed by atoms with van der Waals surface area (Å²) in [7, 11) is -3.65. The largest absolute Gasteiger partial charge is 0.287 e. The molecule has 0 bridgehead atoms. The zero-order valence-electron chi connectivity index (χ0n) is 9.07. The molecule has 0 atom stereocenters. The highest BCUT2D eigenvalue weighted by molar-refractivity contribution is 7.85. The number of rotatable bonds is 3. The van der Waals surface area contributed by atoms with Crippen molar-refractivity contribution in [1.82, 2.24) is 0 Å². The molecule has 15 heavy (non-hydrogen) atoms. The lowest BCUT2D eigenvalue weighted by Gasteiger charge is -2.10. The summed E-state index contributed by atoms with van der Waals surface area (Å²) in [6.45, 7) is 5.72. The van der Waals surface area contributed by atoms with Gasteiger partial charge >= 0.3 is 0 Å². The Labute approximate surface area is 90.1 Å². The van der Waals surface area contributed by atoms with Gasteiger partial charge < -0.3 is 0 Å². The summed E-state index contributed by atoms with van der Waals surface area (Å²) in [6.07, 6.45) is 0. The van der Waals surface area contributed by atoms with Gasteiger partial charge in [0.05, 0.1) is 0 Å². The molecule has 0 radical (unpaired) electrons. The Morgan fingerprint density at radius 3 is 2.07 bits per heavy atom. The van der Waals surface area contributed by atoms with Gasteiger partial charge in [-0.1, -0.05) is 17.7 Å². The van der Waals surface area contributed by atoms with Crippen LogP contribution in [0.3, 0.4) is 0 Å². The topological polar surface area (TPSA) is 69.4 Å². The molecule has 0 amide bonds. The molecule has 0 aromatic heterocycles. The Balaban J connectivity index is 3.17. The summed E-state index contributed by atoms with van der Waals surface area (Å²) in [5.41, 5.74) is 3.74. The number of nitrogens with two attached hydrogens (primary N) is 1. The Morgan fingerprint density at radius 2 is 1.67 bits per heavy atom. The van der Waals surface area contributed by atoms with Gasteiger partial charge in [0.25, 0.3) is 10.1 Å². The molecule has 0 aliphatic heterocycles. The summed E-state index contributed by atoms with van der Waals surface area (Å²) in [5, 5.41) is 0. The normalized spacial score (nSPS) is 11.7. The molecule has 1 rings (SSSR count). The van der Waals surface area contributed by atoms with Crippen molar-refractivity contribution in [3.63, 3.8) is 0 Å². The molecule has 1 aromatic carbocycles. The van der Waals surface area contributed by atoms with Crippen LogP contribution in [-0.4, -0.2) is 8.42 Å². The molecule has 84 valence electrons. The van der Waals surface area contributed by atoms with Crippen molar-refractivity contribution in [1.29, 1.82) is 0 Å². The first-order valence-electron chi connectivity index (χ1n) is 4.53. The van der Waals surface area contributed by atoms with Crippen molar-refractivity contribution in [3.05, 3.63) is 34.4 Å². The van der Waals surface area contributed by atoms with Crippen molar-refractivity contribution in [2.45, 2.75) is 26.5 Å². The van der Waals surface area contributed by atoms with Gasteiger partial charge in [-0.25, -0.2) is 0 Å². The molecule has 2 N–H and O–H groups in total. The summed E-state index contributed by atoms with van der Waals surface area (Å²) in [5.74, 6) is 4.52. The number of hydrogen-bond acceptors (Lipinski definition) is 4. The Kier molecular flexibility index (Phi) is 3.49. The fourth-order valence-electron chi connectivity index (χ4n) is 1.65. The van der Waals surface area contributed by atoms with Gasteiger partial charge in [-0.2, -0.15) is 18.6 Å². The average Bonchev–Trinajstić information content (AvgIpc) is 2.11. The lowest BCUT2D eigenvalue weighted by molar-refractivity contribution is 0.332. The third kappa shape index (κ3) is 3.02. The van der Waals surface area contributed by atoms with E-state index < -0.39 is 10.1 Å². The van der Waals surface area contributed by atoms with Crippen molar-refractivity contribution in [2.24, 2.45) is 5.90 Å². The van der Waals surface area contributed by atoms with Crippen LogP contribution in [-0.2, 0) is 20.2 Å². The van der Waals surface area contributed by atoms with E-state index in [2.05, 4.69) is 4.28 Å². The predicted octanol–water partition coefficient (Wildman–Crippen LogP) is 1.33. The van der Waals surface area contributed by atoms with Crippen LogP contribution in [0.1, 0.15) is 22.3 Å². The highest BCUT2D eigenvalue weighted by atomic mass is 32.2. The van der Waals surface area contributed by atoms with Crippen molar-refractivity contribution in [2.75, 3.05) is 0 Å². The van der Waals surface area contributed by atoms with Crippen molar-refractivity contribution in [3.8, 4) is 0 Å². The van der Waals surface area contributed by atoms with Crippen molar-refractivity contribution < 1.29 is 12.7 Å². The zero-order chi connectivity index (χ0) is 11.6. The van der Waals surface area contributed by atoms with Gasteiger partial charge in [0.1, 0.15) is 5.75 Å². The van der Waals surface area contributed by atoms with Crippen LogP contribution in [0.5, 0.6) is 0 Å². The van der Waals surface area contributed by atoms with Crippen LogP contribution in [0.4, 0.5) is 0 Å². The molecule has 0 unspecified atom stereocenters. The summed E-state index contributed by atoms with van der Waals surface area (Å²) >= 11 is 0. The van der Waals surface area contributed by atoms with Crippen LogP contribution >= 0.6 is 0 Å². The fourth-order valence-corrected chi connectivity index (χ4v) is 2.53. The summed E-state index contributed by atoms with van der Waals surface area (Å²) in [6, 6.07) is 3.88. The molecule has 0 heterocycles. The van der Waals surface area contributed by atoms with Crippen molar-refractivity contribution >= 4 is 10.1 Å². The maximum absolute atomic E-state index is 11.2. The Morgan fingerprint density at radius 1 is 1.20 bits per heavy atom. The molecular formula is C10H15NO3S. The highest BCUT2D eigenvalue weighted by Crippen LogP contribution is 2.19. The van der Waals surface area contributed by atoms with E-state index in [0.717, 1.165) is 22.3 Å². The molecule has 1 aromatic rings. The highest BCUT2D eigenvalue weighted by Gasteiger charge is 2.14. The van der Waals surface area contributed by atoms with E-state index in [4.69, 9.17) is 5.90 Å². The Bertz CT molecular complexity index is 443. The smallest absolute Gasteiger partial charge is 0.198 e. The molecule has 0 saturated heterocycles. The number of hydrogen-bond donors (Lipinski definition) is 1. The SMILES string of the molecule is Cc1cc(C)c(CS(=O)(=O)ON)c(C)c1. The van der Waals surface area contributed by atoms with Gasteiger partial charge in [0.15, 0.2) is 0 Å². The van der Waals surface area contributed by atoms with Crippen LogP contribution in [0.2, 0.25) is 0 Å². The van der Waals surface area contributed by atoms with E-state index in [9.17, 15) is 8.42 Å². The third-order valence-corrected chi connectivity index (χ3v) is 3.24. The second-order valence-corrected chi connectivity index (χ2v) is 5.27. The van der Waals surface area contributed by atoms with Crippen LogP contribution in [0.15, 0.2) is 12.1 Å². The molecular weight excluding hydrogens is 214 g/mol. The number of benzene rings is 1. The van der Waals surface area contributed by atoms with E-state index in [-0.39, 0.29) is 5.75 Å². The first kappa shape index (κ1) is 12.2. The standard InChI is InChI=1S/C10H15NO3S/c1-7-4-8(2)10(9(3)5-7)6-15(12,13)14-11/h4-5H,6,11H2,1-3H3. The van der Waals surface area contributed by atoms with Gasteiger partial charge in [-0.15, -0.1) is 0 Å². The average molecular weight is 229 g/mol. The monoisotopic (exact) mass is 229 g/mol. The minimum Gasteiger partial charge on any atom is -0.198 e. The van der Waals surface area contributed by atoms with E-state index >= 15 is 0 Å². The lowest BCUT2D eigenvalue weighted by Crippen LogP contribution is -2.14. The summed E-state index contributed by atoms with van der Waals surface area (Å²) in [4.78, 5) is 0. The fraction of sp³-hybridized carbons (Fsp3) is 0.400. The van der Waals surface area contributed by atoms with E-state index in [1.165, 1.54) is 0 Å². The molecule has 0 aliphatic carbocycles. The van der Waals surface area contributed by atoms with Gasteiger partial charge in [0.2, 0.25) is 0 Å². The molecule has 0 fully saturated rings. The lowest BCUT2D eigenvalue weighted by atomic mass is 10.0. The minimum atomic E-state index is -3.65. The maximum atomic E-state index is 11.2. The van der Waals surface area contributed by atoms with Gasteiger partial charge in [-0.05, 0) is 37.5 Å². The maximum Gasteiger partial charge on any atom is 0.287 e. The van der Waals surface area contributed by atoms with Gasteiger partial charge in [-0.3, -0.25) is 0 Å². The second-order valence-electron chi connectivity index (χ2n) is 3.68.